The molecule has 2 rings (SSSR count). The first-order chi connectivity index (χ1) is 12.5. The van der Waals surface area contributed by atoms with Gasteiger partial charge in [0.25, 0.3) is 5.91 Å². The van der Waals surface area contributed by atoms with Gasteiger partial charge in [0.05, 0.1) is 0 Å². The van der Waals surface area contributed by atoms with Gasteiger partial charge in [0.1, 0.15) is 0 Å². The van der Waals surface area contributed by atoms with Crippen molar-refractivity contribution in [2.75, 3.05) is 13.7 Å². The molecule has 2 aromatic carbocycles. The van der Waals surface area contributed by atoms with Gasteiger partial charge in [-0.1, -0.05) is 61.0 Å². The van der Waals surface area contributed by atoms with Crippen molar-refractivity contribution in [2.45, 2.75) is 26.8 Å². The van der Waals surface area contributed by atoms with Crippen LogP contribution >= 0.6 is 0 Å². The number of hydrogen-bond donors (Lipinski definition) is 0. The molecular formula is C22H25NO3. The first kappa shape index (κ1) is 19.4. The lowest BCUT2D eigenvalue weighted by Gasteiger charge is -2.17. The average Bonchev–Trinajstić information content (AvgIpc) is 2.66. The highest BCUT2D eigenvalue weighted by Gasteiger charge is 2.11. The predicted molar refractivity (Wildman–Crippen MR) is 103 cm³/mol. The van der Waals surface area contributed by atoms with E-state index >= 15 is 0 Å². The average molecular weight is 351 g/mol. The quantitative estimate of drug-likeness (QED) is 0.563. The third kappa shape index (κ3) is 6.20. The molecule has 0 unspecified atom stereocenters. The minimum atomic E-state index is -0.528. The van der Waals surface area contributed by atoms with Gasteiger partial charge in [-0.3, -0.25) is 4.79 Å². The maximum atomic E-state index is 12.1. The molecule has 1 amide bonds. The Balaban J connectivity index is 1.78. The number of amides is 1. The van der Waals surface area contributed by atoms with Crippen molar-refractivity contribution in [1.82, 2.24) is 4.90 Å². The number of likely N-dealkylation sites (N-methyl/N-ethyl adjacent to an activating group) is 1. The number of rotatable bonds is 7. The topological polar surface area (TPSA) is 46.6 Å². The number of ether oxygens (including phenoxy) is 1. The van der Waals surface area contributed by atoms with Crippen LogP contribution in [0, 0.1) is 6.92 Å². The molecule has 0 aromatic heterocycles. The molecule has 0 aliphatic rings. The Morgan fingerprint density at radius 3 is 2.23 bits per heavy atom. The molecule has 4 heteroatoms. The maximum absolute atomic E-state index is 12.1. The Morgan fingerprint density at radius 2 is 1.62 bits per heavy atom. The van der Waals surface area contributed by atoms with E-state index < -0.39 is 5.97 Å². The maximum Gasteiger partial charge on any atom is 0.331 e. The fourth-order valence-corrected chi connectivity index (χ4v) is 2.38. The lowest BCUT2D eigenvalue weighted by molar-refractivity contribution is -0.147. The number of esters is 1. The Hall–Kier alpha value is -2.88. The standard InChI is InChI=1S/C22H25NO3/c1-4-18-9-11-20(12-10-18)15-23(3)21(24)16-26-22(25)14-13-19-7-5-17(2)6-8-19/h5-14H,4,15-16H2,1-3H3/b14-13+. The molecule has 0 saturated heterocycles. The molecule has 26 heavy (non-hydrogen) atoms. The van der Waals surface area contributed by atoms with E-state index in [4.69, 9.17) is 4.74 Å². The van der Waals surface area contributed by atoms with Crippen LogP contribution in [0.15, 0.2) is 54.6 Å². The number of benzene rings is 2. The summed E-state index contributed by atoms with van der Waals surface area (Å²) in [6.07, 6.45) is 3.99. The second-order valence-corrected chi connectivity index (χ2v) is 6.27. The van der Waals surface area contributed by atoms with Crippen LogP contribution < -0.4 is 0 Å². The van der Waals surface area contributed by atoms with Crippen LogP contribution in [0.3, 0.4) is 0 Å². The van der Waals surface area contributed by atoms with Gasteiger partial charge in [-0.25, -0.2) is 4.79 Å². The van der Waals surface area contributed by atoms with E-state index in [-0.39, 0.29) is 12.5 Å². The Kier molecular flexibility index (Phi) is 7.15. The largest absolute Gasteiger partial charge is 0.452 e. The highest BCUT2D eigenvalue weighted by molar-refractivity contribution is 5.89. The van der Waals surface area contributed by atoms with Gasteiger partial charge in [0.15, 0.2) is 6.61 Å². The van der Waals surface area contributed by atoms with Crippen LogP contribution in [0.25, 0.3) is 6.08 Å². The van der Waals surface area contributed by atoms with Crippen LogP contribution in [-0.2, 0) is 27.3 Å². The fourth-order valence-electron chi connectivity index (χ4n) is 2.38. The normalized spacial score (nSPS) is 10.7. The Labute approximate surface area is 155 Å². The van der Waals surface area contributed by atoms with Crippen LogP contribution in [0.2, 0.25) is 0 Å². The molecule has 0 aliphatic heterocycles. The van der Waals surface area contributed by atoms with Gasteiger partial charge < -0.3 is 9.64 Å². The summed E-state index contributed by atoms with van der Waals surface area (Å²) >= 11 is 0. The lowest BCUT2D eigenvalue weighted by Crippen LogP contribution is -2.30. The number of nitrogens with zero attached hydrogens (tertiary/aromatic N) is 1. The van der Waals surface area contributed by atoms with Crippen LogP contribution in [-0.4, -0.2) is 30.4 Å². The second-order valence-electron chi connectivity index (χ2n) is 6.27. The molecule has 0 spiro atoms. The van der Waals surface area contributed by atoms with Crippen molar-refractivity contribution in [2.24, 2.45) is 0 Å². The summed E-state index contributed by atoms with van der Waals surface area (Å²) in [7, 11) is 1.70. The Morgan fingerprint density at radius 1 is 1.00 bits per heavy atom. The van der Waals surface area contributed by atoms with Gasteiger partial charge in [-0.05, 0) is 36.1 Å². The number of aryl methyl sites for hydroxylation is 2. The van der Waals surface area contributed by atoms with Gasteiger partial charge in [-0.2, -0.15) is 0 Å². The summed E-state index contributed by atoms with van der Waals surface area (Å²) in [4.78, 5) is 25.4. The lowest BCUT2D eigenvalue weighted by atomic mass is 10.1. The van der Waals surface area contributed by atoms with Crippen molar-refractivity contribution in [3.63, 3.8) is 0 Å². The number of hydrogen-bond acceptors (Lipinski definition) is 3. The summed E-state index contributed by atoms with van der Waals surface area (Å²) in [5, 5.41) is 0. The van der Waals surface area contributed by atoms with E-state index in [1.165, 1.54) is 11.6 Å². The van der Waals surface area contributed by atoms with Crippen LogP contribution in [0.4, 0.5) is 0 Å². The summed E-state index contributed by atoms with van der Waals surface area (Å²) < 4.78 is 5.03. The number of carbonyl (C=O) groups excluding carboxylic acids is 2. The van der Waals surface area contributed by atoms with Crippen molar-refractivity contribution in [3.8, 4) is 0 Å². The highest BCUT2D eigenvalue weighted by Crippen LogP contribution is 2.08. The van der Waals surface area contributed by atoms with E-state index in [1.54, 1.807) is 18.0 Å². The van der Waals surface area contributed by atoms with Crippen LogP contribution in [0.1, 0.15) is 29.2 Å². The number of carbonyl (C=O) groups is 2. The van der Waals surface area contributed by atoms with Crippen molar-refractivity contribution in [1.29, 1.82) is 0 Å². The zero-order chi connectivity index (χ0) is 18.9. The zero-order valence-electron chi connectivity index (χ0n) is 15.6. The third-order valence-electron chi connectivity index (χ3n) is 4.10. The van der Waals surface area contributed by atoms with Crippen LogP contribution in [0.5, 0.6) is 0 Å². The van der Waals surface area contributed by atoms with Crippen molar-refractivity contribution < 1.29 is 14.3 Å². The summed E-state index contributed by atoms with van der Waals surface area (Å²) in [5.41, 5.74) is 4.37. The highest BCUT2D eigenvalue weighted by atomic mass is 16.5. The molecule has 0 saturated carbocycles. The molecule has 0 heterocycles. The molecule has 0 aliphatic carbocycles. The van der Waals surface area contributed by atoms with E-state index in [9.17, 15) is 9.59 Å². The monoisotopic (exact) mass is 351 g/mol. The van der Waals surface area contributed by atoms with E-state index in [1.807, 2.05) is 43.3 Å². The van der Waals surface area contributed by atoms with E-state index in [0.717, 1.165) is 23.1 Å². The van der Waals surface area contributed by atoms with E-state index in [0.29, 0.717) is 6.54 Å². The minimum absolute atomic E-state index is 0.235. The molecular weight excluding hydrogens is 326 g/mol. The molecule has 2 aromatic rings. The van der Waals surface area contributed by atoms with Crippen molar-refractivity contribution >= 4 is 18.0 Å². The van der Waals surface area contributed by atoms with E-state index in [2.05, 4.69) is 19.1 Å². The minimum Gasteiger partial charge on any atom is -0.452 e. The zero-order valence-corrected chi connectivity index (χ0v) is 15.6. The summed E-state index contributed by atoms with van der Waals surface area (Å²) in [6, 6.07) is 15.9. The fraction of sp³-hybridized carbons (Fsp3) is 0.273. The van der Waals surface area contributed by atoms with Gasteiger partial charge in [0, 0.05) is 19.7 Å². The molecule has 0 fully saturated rings. The second kappa shape index (κ2) is 9.56. The molecule has 0 radical (unpaired) electrons. The molecule has 4 nitrogen and oxygen atoms in total. The first-order valence-electron chi connectivity index (χ1n) is 8.71. The summed E-state index contributed by atoms with van der Waals surface area (Å²) in [5.74, 6) is -0.763. The SMILES string of the molecule is CCc1ccc(CN(C)C(=O)COC(=O)/C=C/c2ccc(C)cc2)cc1. The third-order valence-corrected chi connectivity index (χ3v) is 4.10. The molecule has 136 valence electrons. The van der Waals surface area contributed by atoms with Crippen molar-refractivity contribution in [3.05, 3.63) is 76.9 Å². The predicted octanol–water partition coefficient (Wildman–Crippen LogP) is 3.77. The molecule has 0 N–H and O–H groups in total. The summed E-state index contributed by atoms with van der Waals surface area (Å²) in [6.45, 7) is 4.33. The van der Waals surface area contributed by atoms with Gasteiger partial charge in [0.2, 0.25) is 0 Å². The smallest absolute Gasteiger partial charge is 0.331 e. The first-order valence-corrected chi connectivity index (χ1v) is 8.71. The van der Waals surface area contributed by atoms with Gasteiger partial charge in [-0.15, -0.1) is 0 Å². The molecule has 0 atom stereocenters. The van der Waals surface area contributed by atoms with Gasteiger partial charge >= 0.3 is 5.97 Å². The molecule has 0 bridgehead atoms. The Bertz CT molecular complexity index is 761.